The Kier molecular flexibility index (Phi) is 8.04. The highest BCUT2D eigenvalue weighted by atomic mass is 19.1. The van der Waals surface area contributed by atoms with Gasteiger partial charge in [-0.1, -0.05) is 24.3 Å². The van der Waals surface area contributed by atoms with Gasteiger partial charge in [0.2, 0.25) is 0 Å². The van der Waals surface area contributed by atoms with Crippen LogP contribution in [0.4, 0.5) is 4.39 Å². The number of nitrogens with one attached hydrogen (secondary N) is 2. The Labute approximate surface area is 178 Å². The number of methoxy groups -OCH3 is 1. The molecule has 0 amide bonds. The normalized spacial score (nSPS) is 16.2. The lowest BCUT2D eigenvalue weighted by atomic mass is 10.0. The smallest absolute Gasteiger partial charge is 0.191 e. The molecule has 30 heavy (non-hydrogen) atoms. The van der Waals surface area contributed by atoms with Crippen molar-refractivity contribution in [2.45, 2.75) is 19.5 Å². The summed E-state index contributed by atoms with van der Waals surface area (Å²) in [5, 5.41) is 6.69. The molecule has 1 atom stereocenters. The van der Waals surface area contributed by atoms with E-state index in [2.05, 4.69) is 32.7 Å². The van der Waals surface area contributed by atoms with Crippen molar-refractivity contribution < 1.29 is 13.9 Å². The number of hydrogen-bond donors (Lipinski definition) is 2. The van der Waals surface area contributed by atoms with Gasteiger partial charge in [-0.3, -0.25) is 9.89 Å². The van der Waals surface area contributed by atoms with E-state index in [1.165, 1.54) is 5.56 Å². The molecule has 0 aliphatic carbocycles. The van der Waals surface area contributed by atoms with Gasteiger partial charge in [-0.25, -0.2) is 4.39 Å². The van der Waals surface area contributed by atoms with Crippen LogP contribution in [0.1, 0.15) is 22.7 Å². The summed E-state index contributed by atoms with van der Waals surface area (Å²) in [6.45, 7) is 6.19. The minimum atomic E-state index is -0.191. The number of hydrogen-bond acceptors (Lipinski definition) is 4. The van der Waals surface area contributed by atoms with Crippen molar-refractivity contribution in [3.8, 4) is 5.75 Å². The molecular formula is C23H31FN4O2. The molecule has 0 spiro atoms. The van der Waals surface area contributed by atoms with Gasteiger partial charge >= 0.3 is 0 Å². The first kappa shape index (κ1) is 22.1. The fourth-order valence-electron chi connectivity index (χ4n) is 3.52. The second-order valence-corrected chi connectivity index (χ2v) is 7.33. The molecule has 1 heterocycles. The average molecular weight is 415 g/mol. The maximum Gasteiger partial charge on any atom is 0.191 e. The van der Waals surface area contributed by atoms with Crippen LogP contribution < -0.4 is 15.4 Å². The summed E-state index contributed by atoms with van der Waals surface area (Å²) in [5.74, 6) is 1.34. The summed E-state index contributed by atoms with van der Waals surface area (Å²) in [7, 11) is 3.41. The number of morpholine rings is 1. The molecule has 2 aromatic carbocycles. The monoisotopic (exact) mass is 414 g/mol. The lowest BCUT2D eigenvalue weighted by Gasteiger charge is -2.35. The standard InChI is InChI=1S/C23H31FN4O2/c1-17-4-5-18(14-21(17)24)15-26-23(25-2)27-16-22(28-10-12-30-13-11-28)19-6-8-20(29-3)9-7-19/h4-9,14,22H,10-13,15-16H2,1-3H3,(H2,25,26,27). The van der Waals surface area contributed by atoms with E-state index < -0.39 is 0 Å². The van der Waals surface area contributed by atoms with E-state index in [4.69, 9.17) is 9.47 Å². The highest BCUT2D eigenvalue weighted by Gasteiger charge is 2.23. The summed E-state index contributed by atoms with van der Waals surface area (Å²) in [6.07, 6.45) is 0. The molecule has 1 fully saturated rings. The predicted molar refractivity (Wildman–Crippen MR) is 117 cm³/mol. The van der Waals surface area contributed by atoms with Crippen LogP contribution in [0.2, 0.25) is 0 Å². The fourth-order valence-corrected chi connectivity index (χ4v) is 3.52. The van der Waals surface area contributed by atoms with Gasteiger partial charge in [-0.05, 0) is 41.8 Å². The molecule has 1 aliphatic heterocycles. The molecule has 6 nitrogen and oxygen atoms in total. The van der Waals surface area contributed by atoms with Gasteiger partial charge in [0.05, 0.1) is 26.4 Å². The van der Waals surface area contributed by atoms with Crippen LogP contribution in [0, 0.1) is 12.7 Å². The first-order valence-corrected chi connectivity index (χ1v) is 10.3. The summed E-state index contributed by atoms with van der Waals surface area (Å²) in [5.41, 5.74) is 2.73. The van der Waals surface area contributed by atoms with Crippen LogP contribution in [-0.4, -0.2) is 57.9 Å². The third-order valence-corrected chi connectivity index (χ3v) is 5.37. The summed E-state index contributed by atoms with van der Waals surface area (Å²) < 4.78 is 24.6. The van der Waals surface area contributed by atoms with Crippen molar-refractivity contribution in [3.63, 3.8) is 0 Å². The van der Waals surface area contributed by atoms with Crippen LogP contribution in [0.25, 0.3) is 0 Å². The molecule has 162 valence electrons. The van der Waals surface area contributed by atoms with Gasteiger partial charge in [0, 0.05) is 33.2 Å². The molecule has 1 unspecified atom stereocenters. The number of aryl methyl sites for hydroxylation is 1. The summed E-state index contributed by atoms with van der Waals surface area (Å²) >= 11 is 0. The Balaban J connectivity index is 1.64. The molecule has 3 rings (SSSR count). The molecule has 2 aromatic rings. The number of guanidine groups is 1. The summed E-state index contributed by atoms with van der Waals surface area (Å²) in [6, 6.07) is 13.6. The number of rotatable bonds is 7. The second kappa shape index (κ2) is 10.9. The van der Waals surface area contributed by atoms with E-state index in [0.29, 0.717) is 24.6 Å². The molecule has 1 aliphatic rings. The van der Waals surface area contributed by atoms with E-state index >= 15 is 0 Å². The average Bonchev–Trinajstić information content (AvgIpc) is 2.79. The van der Waals surface area contributed by atoms with Crippen molar-refractivity contribution in [1.82, 2.24) is 15.5 Å². The van der Waals surface area contributed by atoms with Gasteiger partial charge in [-0.2, -0.15) is 0 Å². The summed E-state index contributed by atoms with van der Waals surface area (Å²) in [4.78, 5) is 6.74. The second-order valence-electron chi connectivity index (χ2n) is 7.33. The minimum Gasteiger partial charge on any atom is -0.497 e. The van der Waals surface area contributed by atoms with E-state index in [-0.39, 0.29) is 11.9 Å². The quantitative estimate of drug-likeness (QED) is 0.539. The topological polar surface area (TPSA) is 58.1 Å². The molecule has 0 saturated carbocycles. The van der Waals surface area contributed by atoms with Crippen molar-refractivity contribution >= 4 is 5.96 Å². The number of halogens is 1. The first-order valence-electron chi connectivity index (χ1n) is 10.3. The predicted octanol–water partition coefficient (Wildman–Crippen LogP) is 2.88. The first-order chi connectivity index (χ1) is 14.6. The maximum absolute atomic E-state index is 13.8. The van der Waals surface area contributed by atoms with Gasteiger partial charge in [0.25, 0.3) is 0 Å². The van der Waals surface area contributed by atoms with Gasteiger partial charge in [0.1, 0.15) is 11.6 Å². The zero-order chi connectivity index (χ0) is 21.3. The highest BCUT2D eigenvalue weighted by molar-refractivity contribution is 5.79. The van der Waals surface area contributed by atoms with Gasteiger partial charge in [-0.15, -0.1) is 0 Å². The zero-order valence-electron chi connectivity index (χ0n) is 18.0. The van der Waals surface area contributed by atoms with Crippen LogP contribution in [0.15, 0.2) is 47.5 Å². The maximum atomic E-state index is 13.8. The Morgan fingerprint density at radius 1 is 1.17 bits per heavy atom. The lowest BCUT2D eigenvalue weighted by Crippen LogP contribution is -2.46. The number of ether oxygens (including phenoxy) is 2. The van der Waals surface area contributed by atoms with Gasteiger partial charge < -0.3 is 20.1 Å². The largest absolute Gasteiger partial charge is 0.497 e. The van der Waals surface area contributed by atoms with Crippen LogP contribution in [0.3, 0.4) is 0 Å². The van der Waals surface area contributed by atoms with Crippen LogP contribution in [-0.2, 0) is 11.3 Å². The van der Waals surface area contributed by atoms with Crippen LogP contribution >= 0.6 is 0 Å². The Bertz CT molecular complexity index is 836. The molecule has 2 N–H and O–H groups in total. The van der Waals surface area contributed by atoms with Crippen LogP contribution in [0.5, 0.6) is 5.75 Å². The molecule has 1 saturated heterocycles. The third-order valence-electron chi connectivity index (χ3n) is 5.37. The Hall–Kier alpha value is -2.64. The molecule has 0 aromatic heterocycles. The number of aliphatic imine (C=N–C) groups is 1. The Morgan fingerprint density at radius 2 is 1.90 bits per heavy atom. The molecule has 0 bridgehead atoms. The van der Waals surface area contributed by atoms with E-state index in [1.54, 1.807) is 33.2 Å². The minimum absolute atomic E-state index is 0.176. The van der Waals surface area contributed by atoms with Crippen molar-refractivity contribution in [1.29, 1.82) is 0 Å². The van der Waals surface area contributed by atoms with E-state index in [9.17, 15) is 4.39 Å². The lowest BCUT2D eigenvalue weighted by molar-refractivity contribution is 0.0170. The number of benzene rings is 2. The van der Waals surface area contributed by atoms with Gasteiger partial charge in [0.15, 0.2) is 5.96 Å². The van der Waals surface area contributed by atoms with Crippen molar-refractivity contribution in [2.24, 2.45) is 4.99 Å². The Morgan fingerprint density at radius 3 is 2.53 bits per heavy atom. The fraction of sp³-hybridized carbons (Fsp3) is 0.435. The van der Waals surface area contributed by atoms with Crippen molar-refractivity contribution in [3.05, 3.63) is 65.0 Å². The van der Waals surface area contributed by atoms with E-state index in [0.717, 1.165) is 37.6 Å². The van der Waals surface area contributed by atoms with E-state index in [1.807, 2.05) is 18.2 Å². The highest BCUT2D eigenvalue weighted by Crippen LogP contribution is 2.23. The molecule has 7 heteroatoms. The van der Waals surface area contributed by atoms with Crippen molar-refractivity contribution in [2.75, 3.05) is 47.0 Å². The third kappa shape index (κ3) is 5.93. The molecule has 0 radical (unpaired) electrons. The molecular weight excluding hydrogens is 383 g/mol. The number of nitrogens with zero attached hydrogens (tertiary/aromatic N) is 2. The SMILES string of the molecule is CN=C(NCc1ccc(C)c(F)c1)NCC(c1ccc(OC)cc1)N1CCOCC1. The zero-order valence-corrected chi connectivity index (χ0v) is 18.0.